The SMILES string of the molecule is CC/C=C/C(NC=O)c1ccccc1. The van der Waals surface area contributed by atoms with E-state index < -0.39 is 0 Å². The van der Waals surface area contributed by atoms with E-state index in [0.29, 0.717) is 0 Å². The largest absolute Gasteiger partial charge is 0.348 e. The standard InChI is InChI=1S/C12H15NO/c1-2-3-9-12(13-10-14)11-7-5-4-6-8-11/h3-10,12H,2H2,1H3,(H,13,14)/b9-3+. The molecule has 74 valence electrons. The zero-order chi connectivity index (χ0) is 10.2. The van der Waals surface area contributed by atoms with Crippen molar-refractivity contribution in [1.82, 2.24) is 5.32 Å². The maximum Gasteiger partial charge on any atom is 0.207 e. The summed E-state index contributed by atoms with van der Waals surface area (Å²) in [6, 6.07) is 9.89. The molecule has 0 aliphatic heterocycles. The maximum absolute atomic E-state index is 10.4. The first-order valence-corrected chi connectivity index (χ1v) is 4.79. The quantitative estimate of drug-likeness (QED) is 0.559. The summed E-state index contributed by atoms with van der Waals surface area (Å²) in [6.45, 7) is 2.07. The predicted molar refractivity (Wildman–Crippen MR) is 57.8 cm³/mol. The molecule has 1 unspecified atom stereocenters. The van der Waals surface area contributed by atoms with Gasteiger partial charge < -0.3 is 5.32 Å². The van der Waals surface area contributed by atoms with Crippen LogP contribution in [-0.4, -0.2) is 6.41 Å². The molecule has 0 aromatic heterocycles. The van der Waals surface area contributed by atoms with Crippen LogP contribution < -0.4 is 5.32 Å². The van der Waals surface area contributed by atoms with Crippen LogP contribution in [0.15, 0.2) is 42.5 Å². The van der Waals surface area contributed by atoms with Gasteiger partial charge in [0.1, 0.15) is 0 Å². The lowest BCUT2D eigenvalue weighted by Gasteiger charge is -2.11. The normalized spacial score (nSPS) is 12.6. The average Bonchev–Trinajstić information content (AvgIpc) is 2.25. The van der Waals surface area contributed by atoms with Crippen molar-refractivity contribution >= 4 is 6.41 Å². The topological polar surface area (TPSA) is 29.1 Å². The van der Waals surface area contributed by atoms with E-state index in [2.05, 4.69) is 12.2 Å². The Morgan fingerprint density at radius 1 is 1.36 bits per heavy atom. The molecule has 0 aliphatic carbocycles. The van der Waals surface area contributed by atoms with Crippen LogP contribution in [0, 0.1) is 0 Å². The third-order valence-electron chi connectivity index (χ3n) is 1.97. The van der Waals surface area contributed by atoms with Gasteiger partial charge in [-0.15, -0.1) is 0 Å². The molecule has 1 aromatic rings. The van der Waals surface area contributed by atoms with E-state index >= 15 is 0 Å². The number of hydrogen-bond donors (Lipinski definition) is 1. The van der Waals surface area contributed by atoms with Gasteiger partial charge in [-0.3, -0.25) is 4.79 Å². The van der Waals surface area contributed by atoms with Crippen LogP contribution in [0.2, 0.25) is 0 Å². The van der Waals surface area contributed by atoms with E-state index in [1.54, 1.807) is 0 Å². The molecule has 2 nitrogen and oxygen atoms in total. The van der Waals surface area contributed by atoms with Crippen molar-refractivity contribution in [3.05, 3.63) is 48.0 Å². The molecule has 0 spiro atoms. The molecule has 0 radical (unpaired) electrons. The highest BCUT2D eigenvalue weighted by Gasteiger charge is 2.03. The minimum atomic E-state index is -0.00588. The highest BCUT2D eigenvalue weighted by Crippen LogP contribution is 2.13. The minimum Gasteiger partial charge on any atom is -0.348 e. The molecule has 1 N–H and O–H groups in total. The molecule has 0 saturated heterocycles. The Balaban J connectivity index is 2.77. The summed E-state index contributed by atoms with van der Waals surface area (Å²) < 4.78 is 0. The van der Waals surface area contributed by atoms with Crippen LogP contribution in [-0.2, 0) is 4.79 Å². The van der Waals surface area contributed by atoms with Gasteiger partial charge in [0.2, 0.25) is 6.41 Å². The summed E-state index contributed by atoms with van der Waals surface area (Å²) in [5.41, 5.74) is 1.10. The lowest BCUT2D eigenvalue weighted by atomic mass is 10.1. The Bertz CT molecular complexity index is 292. The number of carbonyl (C=O) groups is 1. The number of rotatable bonds is 5. The molecule has 1 rings (SSSR count). The third-order valence-corrected chi connectivity index (χ3v) is 1.97. The molecule has 2 heteroatoms. The molecule has 1 aromatic carbocycles. The van der Waals surface area contributed by atoms with Gasteiger partial charge in [0, 0.05) is 0 Å². The van der Waals surface area contributed by atoms with Crippen LogP contribution in [0.5, 0.6) is 0 Å². The zero-order valence-electron chi connectivity index (χ0n) is 8.31. The molecule has 0 fully saturated rings. The van der Waals surface area contributed by atoms with Gasteiger partial charge in [0.25, 0.3) is 0 Å². The fourth-order valence-corrected chi connectivity index (χ4v) is 1.27. The Labute approximate surface area is 84.6 Å². The molecular weight excluding hydrogens is 174 g/mol. The van der Waals surface area contributed by atoms with Crippen molar-refractivity contribution in [2.45, 2.75) is 19.4 Å². The number of hydrogen-bond acceptors (Lipinski definition) is 1. The van der Waals surface area contributed by atoms with Gasteiger partial charge in [-0.2, -0.15) is 0 Å². The van der Waals surface area contributed by atoms with E-state index in [-0.39, 0.29) is 6.04 Å². The van der Waals surface area contributed by atoms with Crippen molar-refractivity contribution in [3.63, 3.8) is 0 Å². The molecule has 14 heavy (non-hydrogen) atoms. The second kappa shape index (κ2) is 5.97. The molecule has 0 heterocycles. The van der Waals surface area contributed by atoms with Gasteiger partial charge in [-0.1, -0.05) is 49.4 Å². The summed E-state index contributed by atoms with van der Waals surface area (Å²) in [4.78, 5) is 10.4. The van der Waals surface area contributed by atoms with Crippen LogP contribution in [0.1, 0.15) is 24.9 Å². The van der Waals surface area contributed by atoms with E-state index in [4.69, 9.17) is 0 Å². The van der Waals surface area contributed by atoms with Gasteiger partial charge in [-0.05, 0) is 12.0 Å². The average molecular weight is 189 g/mol. The summed E-state index contributed by atoms with van der Waals surface area (Å²) >= 11 is 0. The smallest absolute Gasteiger partial charge is 0.207 e. The second-order valence-electron chi connectivity index (χ2n) is 3.01. The van der Waals surface area contributed by atoms with E-state index in [1.165, 1.54) is 0 Å². The van der Waals surface area contributed by atoms with Gasteiger partial charge in [0.05, 0.1) is 6.04 Å². The van der Waals surface area contributed by atoms with Crippen LogP contribution in [0.25, 0.3) is 0 Å². The zero-order valence-corrected chi connectivity index (χ0v) is 8.31. The number of benzene rings is 1. The number of carbonyl (C=O) groups excluding carboxylic acids is 1. The first-order chi connectivity index (χ1) is 6.88. The number of nitrogens with one attached hydrogen (secondary N) is 1. The first-order valence-electron chi connectivity index (χ1n) is 4.79. The van der Waals surface area contributed by atoms with Gasteiger partial charge in [0.15, 0.2) is 0 Å². The van der Waals surface area contributed by atoms with E-state index in [0.717, 1.165) is 18.4 Å². The van der Waals surface area contributed by atoms with E-state index in [1.807, 2.05) is 42.5 Å². The van der Waals surface area contributed by atoms with Crippen LogP contribution >= 0.6 is 0 Å². The Kier molecular flexibility index (Phi) is 4.48. The fraction of sp³-hybridized carbons (Fsp3) is 0.250. The van der Waals surface area contributed by atoms with Crippen LogP contribution in [0.4, 0.5) is 0 Å². The highest BCUT2D eigenvalue weighted by molar-refractivity contribution is 5.48. The molecule has 0 saturated carbocycles. The van der Waals surface area contributed by atoms with Gasteiger partial charge >= 0.3 is 0 Å². The maximum atomic E-state index is 10.4. The summed E-state index contributed by atoms with van der Waals surface area (Å²) in [6.07, 6.45) is 5.76. The predicted octanol–water partition coefficient (Wildman–Crippen LogP) is 2.44. The third kappa shape index (κ3) is 3.05. The molecule has 0 bridgehead atoms. The Hall–Kier alpha value is -1.57. The second-order valence-corrected chi connectivity index (χ2v) is 3.01. The summed E-state index contributed by atoms with van der Waals surface area (Å²) in [5.74, 6) is 0. The monoisotopic (exact) mass is 189 g/mol. The van der Waals surface area contributed by atoms with Crippen molar-refractivity contribution in [2.75, 3.05) is 0 Å². The fourth-order valence-electron chi connectivity index (χ4n) is 1.27. The molecule has 1 amide bonds. The number of amides is 1. The van der Waals surface area contributed by atoms with Crippen LogP contribution in [0.3, 0.4) is 0 Å². The number of allylic oxidation sites excluding steroid dienone is 1. The molecule has 1 atom stereocenters. The Morgan fingerprint density at radius 3 is 2.64 bits per heavy atom. The summed E-state index contributed by atoms with van der Waals surface area (Å²) in [7, 11) is 0. The van der Waals surface area contributed by atoms with Crippen molar-refractivity contribution in [2.24, 2.45) is 0 Å². The molecule has 0 aliphatic rings. The van der Waals surface area contributed by atoms with Crippen molar-refractivity contribution < 1.29 is 4.79 Å². The lowest BCUT2D eigenvalue weighted by Crippen LogP contribution is -2.17. The Morgan fingerprint density at radius 2 is 2.07 bits per heavy atom. The van der Waals surface area contributed by atoms with Gasteiger partial charge in [-0.25, -0.2) is 0 Å². The van der Waals surface area contributed by atoms with E-state index in [9.17, 15) is 4.79 Å². The highest BCUT2D eigenvalue weighted by atomic mass is 16.1. The molecular formula is C12H15NO. The minimum absolute atomic E-state index is 0.00588. The van der Waals surface area contributed by atoms with Crippen molar-refractivity contribution in [3.8, 4) is 0 Å². The lowest BCUT2D eigenvalue weighted by molar-refractivity contribution is -0.109. The summed E-state index contributed by atoms with van der Waals surface area (Å²) in [5, 5.41) is 2.77. The van der Waals surface area contributed by atoms with Crippen molar-refractivity contribution in [1.29, 1.82) is 0 Å². The first kappa shape index (κ1) is 10.5.